The molecule has 1 atom stereocenters. The maximum absolute atomic E-state index is 13.9. The molecule has 0 N–H and O–H groups in total. The van der Waals surface area contributed by atoms with E-state index in [-0.39, 0.29) is 5.56 Å². The van der Waals surface area contributed by atoms with E-state index in [1.807, 2.05) is 6.08 Å². The number of hydrogen-bond acceptors (Lipinski definition) is 0. The van der Waals surface area contributed by atoms with E-state index in [1.165, 1.54) is 31.7 Å². The van der Waals surface area contributed by atoms with Crippen molar-refractivity contribution < 1.29 is 13.2 Å². The highest BCUT2D eigenvalue weighted by Gasteiger charge is 2.28. The minimum atomic E-state index is -1.36. The fourth-order valence-corrected chi connectivity index (χ4v) is 4.06. The van der Waals surface area contributed by atoms with Crippen LogP contribution in [0.3, 0.4) is 0 Å². The Hall–Kier alpha value is -1.25. The van der Waals surface area contributed by atoms with Crippen LogP contribution in [0.5, 0.6) is 0 Å². The minimum absolute atomic E-state index is 0.231. The van der Waals surface area contributed by atoms with E-state index in [4.69, 9.17) is 0 Å². The lowest BCUT2D eigenvalue weighted by Crippen LogP contribution is -2.22. The quantitative estimate of drug-likeness (QED) is 0.578. The zero-order valence-corrected chi connectivity index (χ0v) is 13.0. The molecule has 3 rings (SSSR count). The molecule has 2 aliphatic rings. The molecule has 0 spiro atoms. The summed E-state index contributed by atoms with van der Waals surface area (Å²) in [5.41, 5.74) is 1.06. The number of rotatable bonds is 2. The van der Waals surface area contributed by atoms with Gasteiger partial charge in [-0.3, -0.25) is 0 Å². The molecule has 1 aromatic rings. The topological polar surface area (TPSA) is 0 Å². The maximum atomic E-state index is 13.9. The van der Waals surface area contributed by atoms with Crippen LogP contribution in [0.15, 0.2) is 18.2 Å². The SMILES string of the molecule is CC1CCC(C2CC=C(c3ccc(F)c(F)c3F)CC2)CC1. The summed E-state index contributed by atoms with van der Waals surface area (Å²) in [7, 11) is 0. The lowest BCUT2D eigenvalue weighted by Gasteiger charge is -2.34. The van der Waals surface area contributed by atoms with Crippen molar-refractivity contribution in [3.63, 3.8) is 0 Å². The molecule has 2 aliphatic carbocycles. The Balaban J connectivity index is 1.70. The fraction of sp³-hybridized carbons (Fsp3) is 0.579. The summed E-state index contributed by atoms with van der Waals surface area (Å²) in [5.74, 6) is -1.22. The van der Waals surface area contributed by atoms with Crippen LogP contribution in [0.4, 0.5) is 13.2 Å². The second-order valence-corrected chi connectivity index (χ2v) is 7.01. The maximum Gasteiger partial charge on any atom is 0.195 e. The van der Waals surface area contributed by atoms with Crippen molar-refractivity contribution in [1.29, 1.82) is 0 Å². The summed E-state index contributed by atoms with van der Waals surface area (Å²) >= 11 is 0. The van der Waals surface area contributed by atoms with Gasteiger partial charge in [-0.1, -0.05) is 25.8 Å². The largest absolute Gasteiger partial charge is 0.204 e. The molecule has 1 fully saturated rings. The highest BCUT2D eigenvalue weighted by atomic mass is 19.2. The van der Waals surface area contributed by atoms with Crippen LogP contribution < -0.4 is 0 Å². The van der Waals surface area contributed by atoms with Gasteiger partial charge in [0, 0.05) is 5.56 Å². The van der Waals surface area contributed by atoms with E-state index in [1.54, 1.807) is 0 Å². The van der Waals surface area contributed by atoms with Gasteiger partial charge in [-0.25, -0.2) is 13.2 Å². The molecule has 120 valence electrons. The summed E-state index contributed by atoms with van der Waals surface area (Å²) < 4.78 is 40.3. The van der Waals surface area contributed by atoms with Gasteiger partial charge < -0.3 is 0 Å². The summed E-state index contributed by atoms with van der Waals surface area (Å²) in [5, 5.41) is 0. The van der Waals surface area contributed by atoms with Gasteiger partial charge in [0.1, 0.15) is 0 Å². The molecule has 1 unspecified atom stereocenters. The van der Waals surface area contributed by atoms with Gasteiger partial charge in [-0.05, 0) is 67.6 Å². The van der Waals surface area contributed by atoms with Gasteiger partial charge in [0.2, 0.25) is 0 Å². The molecule has 22 heavy (non-hydrogen) atoms. The molecule has 0 aromatic heterocycles. The first kappa shape index (κ1) is 15.6. The van der Waals surface area contributed by atoms with Crippen LogP contribution in [0.25, 0.3) is 5.57 Å². The highest BCUT2D eigenvalue weighted by molar-refractivity contribution is 5.66. The number of halogens is 3. The van der Waals surface area contributed by atoms with Crippen LogP contribution >= 0.6 is 0 Å². The van der Waals surface area contributed by atoms with Crippen LogP contribution in [0.1, 0.15) is 57.4 Å². The summed E-state index contributed by atoms with van der Waals surface area (Å²) in [6.45, 7) is 2.32. The first-order valence-corrected chi connectivity index (χ1v) is 8.39. The molecule has 0 aliphatic heterocycles. The smallest absolute Gasteiger partial charge is 0.195 e. The van der Waals surface area contributed by atoms with Gasteiger partial charge in [-0.2, -0.15) is 0 Å². The Morgan fingerprint density at radius 2 is 1.59 bits per heavy atom. The van der Waals surface area contributed by atoms with Crippen molar-refractivity contribution in [2.75, 3.05) is 0 Å². The predicted molar refractivity (Wildman–Crippen MR) is 82.8 cm³/mol. The molecule has 0 bridgehead atoms. The molecular weight excluding hydrogens is 285 g/mol. The molecule has 0 heterocycles. The summed E-state index contributed by atoms with van der Waals surface area (Å²) in [6.07, 6.45) is 10.0. The molecule has 3 heteroatoms. The zero-order chi connectivity index (χ0) is 15.7. The van der Waals surface area contributed by atoms with Gasteiger partial charge in [0.05, 0.1) is 0 Å². The standard InChI is InChI=1S/C19H23F3/c1-12-2-4-13(5-3-12)14-6-8-15(9-7-14)16-10-11-17(20)19(22)18(16)21/h8,10-14H,2-7,9H2,1H3. The Morgan fingerprint density at radius 1 is 0.864 bits per heavy atom. The van der Waals surface area contributed by atoms with Crippen molar-refractivity contribution in [3.8, 4) is 0 Å². The molecule has 0 nitrogen and oxygen atoms in total. The van der Waals surface area contributed by atoms with Crippen molar-refractivity contribution in [3.05, 3.63) is 41.2 Å². The third-order valence-electron chi connectivity index (χ3n) is 5.56. The van der Waals surface area contributed by atoms with E-state index < -0.39 is 17.5 Å². The fourth-order valence-electron chi connectivity index (χ4n) is 4.06. The summed E-state index contributed by atoms with van der Waals surface area (Å²) in [4.78, 5) is 0. The van der Waals surface area contributed by atoms with E-state index in [0.29, 0.717) is 5.92 Å². The lowest BCUT2D eigenvalue weighted by atomic mass is 9.71. The Bertz CT molecular complexity index is 568. The third-order valence-corrected chi connectivity index (χ3v) is 5.56. The second kappa shape index (κ2) is 6.47. The first-order valence-electron chi connectivity index (χ1n) is 8.39. The highest BCUT2D eigenvalue weighted by Crippen LogP contribution is 2.41. The molecule has 0 radical (unpaired) electrons. The van der Waals surface area contributed by atoms with Crippen LogP contribution in [0.2, 0.25) is 0 Å². The van der Waals surface area contributed by atoms with Crippen LogP contribution in [0, 0.1) is 35.2 Å². The first-order chi connectivity index (χ1) is 10.6. The van der Waals surface area contributed by atoms with Gasteiger partial charge in [0.15, 0.2) is 17.5 Å². The van der Waals surface area contributed by atoms with Crippen molar-refractivity contribution in [2.24, 2.45) is 17.8 Å². The second-order valence-electron chi connectivity index (χ2n) is 7.01. The molecule has 0 saturated heterocycles. The number of allylic oxidation sites excluding steroid dienone is 2. The molecule has 1 aromatic carbocycles. The average molecular weight is 308 g/mol. The Kier molecular flexibility index (Phi) is 4.60. The lowest BCUT2D eigenvalue weighted by molar-refractivity contribution is 0.202. The molecular formula is C19H23F3. The third kappa shape index (κ3) is 3.09. The molecule has 1 saturated carbocycles. The van der Waals surface area contributed by atoms with Crippen LogP contribution in [-0.2, 0) is 0 Å². The van der Waals surface area contributed by atoms with Crippen LogP contribution in [-0.4, -0.2) is 0 Å². The van der Waals surface area contributed by atoms with E-state index in [0.717, 1.165) is 42.7 Å². The van der Waals surface area contributed by atoms with Crippen molar-refractivity contribution >= 4 is 5.57 Å². The minimum Gasteiger partial charge on any atom is -0.204 e. The number of hydrogen-bond donors (Lipinski definition) is 0. The number of benzene rings is 1. The molecule has 0 amide bonds. The van der Waals surface area contributed by atoms with E-state index >= 15 is 0 Å². The predicted octanol–water partition coefficient (Wildman–Crippen LogP) is 6.11. The van der Waals surface area contributed by atoms with E-state index in [9.17, 15) is 13.2 Å². The average Bonchev–Trinajstić information content (AvgIpc) is 2.54. The zero-order valence-electron chi connectivity index (χ0n) is 13.0. The van der Waals surface area contributed by atoms with Gasteiger partial charge in [-0.15, -0.1) is 0 Å². The Labute approximate surface area is 130 Å². The normalized spacial score (nSPS) is 29.3. The van der Waals surface area contributed by atoms with E-state index in [2.05, 4.69) is 6.92 Å². The van der Waals surface area contributed by atoms with Crippen molar-refractivity contribution in [2.45, 2.75) is 51.9 Å². The van der Waals surface area contributed by atoms with Crippen molar-refractivity contribution in [1.82, 2.24) is 0 Å². The summed E-state index contributed by atoms with van der Waals surface area (Å²) in [6, 6.07) is 2.38. The van der Waals surface area contributed by atoms with Gasteiger partial charge >= 0.3 is 0 Å². The van der Waals surface area contributed by atoms with Gasteiger partial charge in [0.25, 0.3) is 0 Å². The monoisotopic (exact) mass is 308 g/mol. The Morgan fingerprint density at radius 3 is 2.23 bits per heavy atom.